The Morgan fingerprint density at radius 2 is 0.842 bits per heavy atom. The monoisotopic (exact) mass is 486 g/mol. The third-order valence-electron chi connectivity index (χ3n) is 7.17. The first-order valence-electron chi connectivity index (χ1n) is 13.0. The Morgan fingerprint density at radius 1 is 0.368 bits per heavy atom. The molecule has 2 nitrogen and oxygen atoms in total. The summed E-state index contributed by atoms with van der Waals surface area (Å²) in [6.07, 6.45) is 0. The lowest BCUT2D eigenvalue weighted by Crippen LogP contribution is -1.94. The molecule has 0 saturated carbocycles. The Kier molecular flexibility index (Phi) is 5.49. The molecule has 180 valence electrons. The van der Waals surface area contributed by atoms with E-state index in [0.717, 1.165) is 17.1 Å². The van der Waals surface area contributed by atoms with Crippen molar-refractivity contribution < 1.29 is 0 Å². The van der Waals surface area contributed by atoms with Gasteiger partial charge in [0.1, 0.15) is 0 Å². The van der Waals surface area contributed by atoms with Crippen molar-refractivity contribution in [1.29, 1.82) is 0 Å². The van der Waals surface area contributed by atoms with Crippen molar-refractivity contribution in [2.24, 2.45) is 0 Å². The molecule has 0 unspecified atom stereocenters. The maximum absolute atomic E-state index is 3.63. The third kappa shape index (κ3) is 4.03. The fraction of sp³-hybridized carbons (Fsp3) is 0. The van der Waals surface area contributed by atoms with Gasteiger partial charge in [-0.05, 0) is 76.9 Å². The van der Waals surface area contributed by atoms with Gasteiger partial charge in [-0.3, -0.25) is 0 Å². The maximum Gasteiger partial charge on any atom is 0.0542 e. The number of benzene rings is 6. The van der Waals surface area contributed by atoms with Crippen LogP contribution in [0.3, 0.4) is 0 Å². The Balaban J connectivity index is 1.33. The van der Waals surface area contributed by atoms with Crippen molar-refractivity contribution >= 4 is 33.2 Å². The van der Waals surface area contributed by atoms with Gasteiger partial charge in [-0.1, -0.05) is 97.1 Å². The van der Waals surface area contributed by atoms with Crippen molar-refractivity contribution in [1.82, 2.24) is 4.57 Å². The minimum absolute atomic E-state index is 1.07. The van der Waals surface area contributed by atoms with Crippen LogP contribution in [0.4, 0.5) is 11.4 Å². The molecule has 0 radical (unpaired) electrons. The minimum atomic E-state index is 1.07. The Bertz CT molecular complexity index is 1850. The summed E-state index contributed by atoms with van der Waals surface area (Å²) in [5.74, 6) is 0. The molecule has 2 heteroatoms. The van der Waals surface area contributed by atoms with Crippen molar-refractivity contribution in [2.75, 3.05) is 5.32 Å². The summed E-state index contributed by atoms with van der Waals surface area (Å²) in [5.41, 5.74) is 10.6. The molecule has 1 heterocycles. The van der Waals surface area contributed by atoms with Crippen LogP contribution in [0, 0.1) is 0 Å². The molecule has 0 spiro atoms. The zero-order valence-electron chi connectivity index (χ0n) is 20.9. The van der Waals surface area contributed by atoms with Crippen LogP contribution >= 0.6 is 0 Å². The average molecular weight is 487 g/mol. The first kappa shape index (κ1) is 22.1. The molecule has 0 aliphatic carbocycles. The average Bonchev–Trinajstić information content (AvgIpc) is 3.32. The highest BCUT2D eigenvalue weighted by atomic mass is 15.0. The second kappa shape index (κ2) is 9.42. The van der Waals surface area contributed by atoms with Gasteiger partial charge in [0.25, 0.3) is 0 Å². The minimum Gasteiger partial charge on any atom is -0.356 e. The summed E-state index contributed by atoms with van der Waals surface area (Å²) in [5, 5.41) is 6.10. The van der Waals surface area contributed by atoms with Crippen LogP contribution in [0.1, 0.15) is 0 Å². The standard InChI is InChI=1S/C36H26N2/c1-4-10-26(11-5-1)28-16-19-30(20-17-28)37-31-21-23-36-34(25-31)33-24-29(27-12-6-2-7-13-27)18-22-35(33)38(36)32-14-8-3-9-15-32/h1-25,37H. The van der Waals surface area contributed by atoms with Gasteiger partial charge in [0.2, 0.25) is 0 Å². The predicted octanol–water partition coefficient (Wildman–Crippen LogP) is 9.86. The second-order valence-corrected chi connectivity index (χ2v) is 9.57. The molecule has 0 atom stereocenters. The molecule has 7 aromatic rings. The molecular weight excluding hydrogens is 460 g/mol. The molecule has 0 amide bonds. The number of nitrogens with zero attached hydrogens (tertiary/aromatic N) is 1. The molecule has 0 aliphatic heterocycles. The van der Waals surface area contributed by atoms with E-state index in [1.807, 2.05) is 6.07 Å². The smallest absolute Gasteiger partial charge is 0.0542 e. The van der Waals surface area contributed by atoms with Gasteiger partial charge < -0.3 is 9.88 Å². The first-order chi connectivity index (χ1) is 18.8. The van der Waals surface area contributed by atoms with E-state index in [2.05, 4.69) is 155 Å². The van der Waals surface area contributed by atoms with Gasteiger partial charge >= 0.3 is 0 Å². The van der Waals surface area contributed by atoms with Crippen LogP contribution in [-0.2, 0) is 0 Å². The number of aromatic nitrogens is 1. The summed E-state index contributed by atoms with van der Waals surface area (Å²) in [6, 6.07) is 53.8. The van der Waals surface area contributed by atoms with Crippen LogP contribution in [0.25, 0.3) is 49.7 Å². The molecule has 0 saturated heterocycles. The molecule has 0 aliphatic rings. The fourth-order valence-electron chi connectivity index (χ4n) is 5.31. The SMILES string of the molecule is c1ccc(-c2ccc(Nc3ccc4c(c3)c3cc(-c5ccccc5)ccc3n4-c3ccccc3)cc2)cc1. The van der Waals surface area contributed by atoms with E-state index >= 15 is 0 Å². The van der Waals surface area contributed by atoms with E-state index in [-0.39, 0.29) is 0 Å². The van der Waals surface area contributed by atoms with E-state index in [4.69, 9.17) is 0 Å². The zero-order valence-corrected chi connectivity index (χ0v) is 20.9. The van der Waals surface area contributed by atoms with Crippen LogP contribution in [0.15, 0.2) is 152 Å². The summed E-state index contributed by atoms with van der Waals surface area (Å²) >= 11 is 0. The summed E-state index contributed by atoms with van der Waals surface area (Å²) < 4.78 is 2.36. The van der Waals surface area contributed by atoms with Crippen molar-refractivity contribution in [2.45, 2.75) is 0 Å². The lowest BCUT2D eigenvalue weighted by Gasteiger charge is -2.10. The van der Waals surface area contributed by atoms with Gasteiger partial charge in [0.15, 0.2) is 0 Å². The van der Waals surface area contributed by atoms with Crippen LogP contribution < -0.4 is 5.32 Å². The number of hydrogen-bond donors (Lipinski definition) is 1. The first-order valence-corrected chi connectivity index (χ1v) is 13.0. The molecule has 1 aromatic heterocycles. The van der Waals surface area contributed by atoms with Gasteiger partial charge in [-0.2, -0.15) is 0 Å². The molecule has 6 aromatic carbocycles. The third-order valence-corrected chi connectivity index (χ3v) is 7.17. The molecule has 7 rings (SSSR count). The predicted molar refractivity (Wildman–Crippen MR) is 161 cm³/mol. The number of para-hydroxylation sites is 1. The van der Waals surface area contributed by atoms with Gasteiger partial charge in [0.05, 0.1) is 11.0 Å². The summed E-state index contributed by atoms with van der Waals surface area (Å²) in [6.45, 7) is 0. The largest absolute Gasteiger partial charge is 0.356 e. The molecule has 1 N–H and O–H groups in total. The molecular formula is C36H26N2. The number of anilines is 2. The van der Waals surface area contributed by atoms with Crippen LogP contribution in [0.5, 0.6) is 0 Å². The quantitative estimate of drug-likeness (QED) is 0.256. The lowest BCUT2D eigenvalue weighted by molar-refractivity contribution is 1.18. The van der Waals surface area contributed by atoms with Crippen molar-refractivity contribution in [3.63, 3.8) is 0 Å². The van der Waals surface area contributed by atoms with E-state index < -0.39 is 0 Å². The van der Waals surface area contributed by atoms with Gasteiger partial charge in [0, 0.05) is 27.8 Å². The Morgan fingerprint density at radius 3 is 1.50 bits per heavy atom. The Labute approximate surface area is 222 Å². The number of rotatable bonds is 5. The highest BCUT2D eigenvalue weighted by Gasteiger charge is 2.14. The topological polar surface area (TPSA) is 17.0 Å². The molecule has 0 fully saturated rings. The van der Waals surface area contributed by atoms with Crippen LogP contribution in [0.2, 0.25) is 0 Å². The van der Waals surface area contributed by atoms with Gasteiger partial charge in [-0.25, -0.2) is 0 Å². The molecule has 0 bridgehead atoms. The van der Waals surface area contributed by atoms with Crippen molar-refractivity contribution in [3.8, 4) is 27.9 Å². The molecule has 38 heavy (non-hydrogen) atoms. The maximum atomic E-state index is 3.63. The summed E-state index contributed by atoms with van der Waals surface area (Å²) in [4.78, 5) is 0. The Hall–Kier alpha value is -5.08. The number of fused-ring (bicyclic) bond motifs is 3. The van der Waals surface area contributed by atoms with E-state index in [9.17, 15) is 0 Å². The highest BCUT2D eigenvalue weighted by Crippen LogP contribution is 2.36. The van der Waals surface area contributed by atoms with E-state index in [1.165, 1.54) is 44.1 Å². The zero-order chi connectivity index (χ0) is 25.3. The summed E-state index contributed by atoms with van der Waals surface area (Å²) in [7, 11) is 0. The number of nitrogens with one attached hydrogen (secondary N) is 1. The normalized spacial score (nSPS) is 11.2. The van der Waals surface area contributed by atoms with Gasteiger partial charge in [-0.15, -0.1) is 0 Å². The highest BCUT2D eigenvalue weighted by molar-refractivity contribution is 6.11. The van der Waals surface area contributed by atoms with Crippen LogP contribution in [-0.4, -0.2) is 4.57 Å². The van der Waals surface area contributed by atoms with E-state index in [0.29, 0.717) is 0 Å². The van der Waals surface area contributed by atoms with Crippen molar-refractivity contribution in [3.05, 3.63) is 152 Å². The lowest BCUT2D eigenvalue weighted by atomic mass is 10.0. The number of hydrogen-bond acceptors (Lipinski definition) is 1. The van der Waals surface area contributed by atoms with E-state index in [1.54, 1.807) is 0 Å². The fourth-order valence-corrected chi connectivity index (χ4v) is 5.31. The second-order valence-electron chi connectivity index (χ2n) is 9.57.